The number of piperazine rings is 1. The molecule has 0 aliphatic carbocycles. The first-order valence-corrected chi connectivity index (χ1v) is 9.47. The van der Waals surface area contributed by atoms with Crippen molar-refractivity contribution < 1.29 is 18.4 Å². The van der Waals surface area contributed by atoms with Crippen molar-refractivity contribution in [2.45, 2.75) is 13.0 Å². The molecule has 0 radical (unpaired) electrons. The Morgan fingerprint density at radius 2 is 1.71 bits per heavy atom. The van der Waals surface area contributed by atoms with E-state index in [9.17, 15) is 4.39 Å². The number of methoxy groups -OCH3 is 1. The summed E-state index contributed by atoms with van der Waals surface area (Å²) < 4.78 is 24.2. The molecule has 1 atom stereocenters. The number of nitrogens with one attached hydrogen (secondary N) is 1. The van der Waals surface area contributed by atoms with Crippen molar-refractivity contribution in [2.24, 2.45) is 0 Å². The van der Waals surface area contributed by atoms with Crippen LogP contribution in [0.1, 0.15) is 18.9 Å². The molecule has 0 amide bonds. The first-order chi connectivity index (χ1) is 13.6. The fourth-order valence-corrected chi connectivity index (χ4v) is 3.57. The van der Waals surface area contributed by atoms with Gasteiger partial charge in [-0.2, -0.15) is 0 Å². The topological polar surface area (TPSA) is 55.8 Å². The van der Waals surface area contributed by atoms with Crippen LogP contribution >= 0.6 is 0 Å². The molecule has 1 saturated heterocycles. The molecule has 7 heteroatoms. The molecule has 0 bridgehead atoms. The Hall–Kier alpha value is -2.93. The van der Waals surface area contributed by atoms with Crippen molar-refractivity contribution in [3.63, 3.8) is 0 Å². The Morgan fingerprint density at radius 1 is 1.04 bits per heavy atom. The van der Waals surface area contributed by atoms with Gasteiger partial charge in [0.2, 0.25) is 5.89 Å². The average molecular weight is 383 g/mol. The first-order valence-electron chi connectivity index (χ1n) is 9.47. The molecule has 1 aliphatic heterocycles. The van der Waals surface area contributed by atoms with Crippen LogP contribution in [0, 0.1) is 5.82 Å². The van der Waals surface area contributed by atoms with Gasteiger partial charge in [-0.15, -0.1) is 10.2 Å². The van der Waals surface area contributed by atoms with Gasteiger partial charge in [0, 0.05) is 11.3 Å². The zero-order valence-corrected chi connectivity index (χ0v) is 16.1. The molecule has 0 saturated carbocycles. The summed E-state index contributed by atoms with van der Waals surface area (Å²) in [6.07, 6.45) is 0. The highest BCUT2D eigenvalue weighted by atomic mass is 19.1. The van der Waals surface area contributed by atoms with Gasteiger partial charge in [-0.3, -0.25) is 0 Å². The quantitative estimate of drug-likeness (QED) is 0.733. The second-order valence-corrected chi connectivity index (χ2v) is 7.02. The number of halogens is 1. The number of rotatable bonds is 5. The lowest BCUT2D eigenvalue weighted by atomic mass is 10.2. The minimum absolute atomic E-state index is 0.120. The summed E-state index contributed by atoms with van der Waals surface area (Å²) in [4.78, 5) is 3.69. The molecule has 1 aromatic heterocycles. The highest BCUT2D eigenvalue weighted by Gasteiger charge is 2.29. The minimum Gasteiger partial charge on any atom is -0.497 e. The molecule has 1 aliphatic rings. The molecular formula is C21H24FN4O2+. The lowest BCUT2D eigenvalue weighted by molar-refractivity contribution is -0.931. The van der Waals surface area contributed by atoms with Crippen LogP contribution < -0.4 is 14.5 Å². The number of quaternary nitrogens is 1. The van der Waals surface area contributed by atoms with Gasteiger partial charge in [-0.1, -0.05) is 0 Å². The van der Waals surface area contributed by atoms with Crippen molar-refractivity contribution in [3.05, 3.63) is 60.2 Å². The number of anilines is 1. The maximum Gasteiger partial charge on any atom is 0.274 e. The highest BCUT2D eigenvalue weighted by Crippen LogP contribution is 2.22. The van der Waals surface area contributed by atoms with E-state index < -0.39 is 0 Å². The summed E-state index contributed by atoms with van der Waals surface area (Å²) in [6.45, 7) is 5.85. The van der Waals surface area contributed by atoms with E-state index in [0.29, 0.717) is 11.8 Å². The molecule has 4 rings (SSSR count). The lowest BCUT2D eigenvalue weighted by Crippen LogP contribution is -3.14. The van der Waals surface area contributed by atoms with Crippen LogP contribution in [0.5, 0.6) is 5.75 Å². The summed E-state index contributed by atoms with van der Waals surface area (Å²) in [5.41, 5.74) is 1.94. The molecule has 2 aromatic carbocycles. The second kappa shape index (κ2) is 7.98. The van der Waals surface area contributed by atoms with Crippen LogP contribution in [0.3, 0.4) is 0 Å². The fraction of sp³-hybridized carbons (Fsp3) is 0.333. The molecule has 2 heterocycles. The normalized spacial score (nSPS) is 16.2. The number of aromatic nitrogens is 2. The van der Waals surface area contributed by atoms with Crippen LogP contribution in [-0.2, 0) is 0 Å². The van der Waals surface area contributed by atoms with Gasteiger partial charge in [0.15, 0.2) is 6.04 Å². The van der Waals surface area contributed by atoms with Crippen LogP contribution in [0.15, 0.2) is 52.9 Å². The fourth-order valence-electron chi connectivity index (χ4n) is 3.57. The number of nitrogens with zero attached hydrogens (tertiary/aromatic N) is 3. The SMILES string of the molecule is COc1ccc(-c2nnc([C@@H](C)[NH+]3CCN(c4ccc(F)cc4)CC3)o2)cc1. The molecule has 0 unspecified atom stereocenters. The highest BCUT2D eigenvalue weighted by molar-refractivity contribution is 5.54. The van der Waals surface area contributed by atoms with Gasteiger partial charge >= 0.3 is 0 Å². The summed E-state index contributed by atoms with van der Waals surface area (Å²) in [6, 6.07) is 14.4. The number of hydrogen-bond donors (Lipinski definition) is 1. The minimum atomic E-state index is -0.203. The van der Waals surface area contributed by atoms with Crippen molar-refractivity contribution in [1.29, 1.82) is 0 Å². The molecule has 3 aromatic rings. The van der Waals surface area contributed by atoms with E-state index in [0.717, 1.165) is 43.2 Å². The van der Waals surface area contributed by atoms with Gasteiger partial charge in [-0.05, 0) is 55.5 Å². The Morgan fingerprint density at radius 3 is 2.36 bits per heavy atom. The molecule has 6 nitrogen and oxygen atoms in total. The van der Waals surface area contributed by atoms with Crippen LogP contribution in [0.4, 0.5) is 10.1 Å². The van der Waals surface area contributed by atoms with Crippen LogP contribution in [0.25, 0.3) is 11.5 Å². The standard InChI is InChI=1S/C21H23FN4O2/c1-15(20-23-24-21(28-20)16-3-9-19(27-2)10-4-16)25-11-13-26(14-12-25)18-7-5-17(22)6-8-18/h3-10,15H,11-14H2,1-2H3/p+1/t15-/m1/s1. The van der Waals surface area contributed by atoms with Gasteiger partial charge in [0.25, 0.3) is 5.89 Å². The number of ether oxygens (including phenoxy) is 1. The first kappa shape index (κ1) is 18.4. The van der Waals surface area contributed by atoms with Gasteiger partial charge in [0.05, 0.1) is 33.3 Å². The maximum atomic E-state index is 13.1. The lowest BCUT2D eigenvalue weighted by Gasteiger charge is -2.35. The van der Waals surface area contributed by atoms with E-state index in [4.69, 9.17) is 9.15 Å². The monoisotopic (exact) mass is 383 g/mol. The molecule has 1 fully saturated rings. The van der Waals surface area contributed by atoms with E-state index in [-0.39, 0.29) is 11.9 Å². The summed E-state index contributed by atoms with van der Waals surface area (Å²) in [7, 11) is 1.64. The Kier molecular flexibility index (Phi) is 5.25. The van der Waals surface area contributed by atoms with E-state index in [2.05, 4.69) is 22.0 Å². The maximum absolute atomic E-state index is 13.1. The average Bonchev–Trinajstić information content (AvgIpc) is 3.24. The zero-order valence-electron chi connectivity index (χ0n) is 16.1. The third-order valence-corrected chi connectivity index (χ3v) is 5.36. The van der Waals surface area contributed by atoms with Gasteiger partial charge in [-0.25, -0.2) is 4.39 Å². The Bertz CT molecular complexity index is 903. The Balaban J connectivity index is 1.39. The number of benzene rings is 2. The van der Waals surface area contributed by atoms with E-state index in [1.54, 1.807) is 7.11 Å². The molecule has 28 heavy (non-hydrogen) atoms. The van der Waals surface area contributed by atoms with E-state index in [1.165, 1.54) is 17.0 Å². The summed E-state index contributed by atoms with van der Waals surface area (Å²) in [5, 5.41) is 8.49. The molecule has 1 N–H and O–H groups in total. The van der Waals surface area contributed by atoms with Crippen molar-refractivity contribution in [2.75, 3.05) is 38.2 Å². The summed E-state index contributed by atoms with van der Waals surface area (Å²) in [5.74, 6) is 1.76. The van der Waals surface area contributed by atoms with Crippen LogP contribution in [0.2, 0.25) is 0 Å². The zero-order chi connectivity index (χ0) is 19.5. The van der Waals surface area contributed by atoms with Gasteiger partial charge < -0.3 is 19.0 Å². The Labute approximate surface area is 163 Å². The molecular weight excluding hydrogens is 359 g/mol. The molecule has 146 valence electrons. The second-order valence-electron chi connectivity index (χ2n) is 7.02. The third kappa shape index (κ3) is 3.84. The predicted molar refractivity (Wildman–Crippen MR) is 104 cm³/mol. The van der Waals surface area contributed by atoms with Crippen LogP contribution in [-0.4, -0.2) is 43.5 Å². The van der Waals surface area contributed by atoms with E-state index in [1.807, 2.05) is 36.4 Å². The molecule has 0 spiro atoms. The smallest absolute Gasteiger partial charge is 0.274 e. The predicted octanol–water partition coefficient (Wildman–Crippen LogP) is 2.35. The largest absolute Gasteiger partial charge is 0.497 e. The van der Waals surface area contributed by atoms with Crippen molar-refractivity contribution in [1.82, 2.24) is 10.2 Å². The summed E-state index contributed by atoms with van der Waals surface area (Å²) >= 11 is 0. The van der Waals surface area contributed by atoms with Crippen molar-refractivity contribution in [3.8, 4) is 17.2 Å². The third-order valence-electron chi connectivity index (χ3n) is 5.36. The van der Waals surface area contributed by atoms with Gasteiger partial charge in [0.1, 0.15) is 11.6 Å². The van der Waals surface area contributed by atoms with E-state index >= 15 is 0 Å². The van der Waals surface area contributed by atoms with Crippen molar-refractivity contribution >= 4 is 5.69 Å². The number of hydrogen-bond acceptors (Lipinski definition) is 5.